The number of nitrogens with zero attached hydrogens (tertiary/aromatic N) is 3. The first-order chi connectivity index (χ1) is 68.7. The van der Waals surface area contributed by atoms with E-state index in [1.807, 2.05) is 0 Å². The van der Waals surface area contributed by atoms with Crippen LogP contribution in [0.25, 0.3) is 89.0 Å². The molecule has 19 aromatic rings. The molecule has 4 heteroatoms. The number of fused-ring (bicyclic) bond motifs is 16. The summed E-state index contributed by atoms with van der Waals surface area (Å²) in [5.74, 6) is 0.537. The molecule has 688 valence electrons. The number of hydrogen-bond donors (Lipinski definition) is 0. The maximum Gasteiger partial charge on any atom is 0.105 e. The molecule has 0 heterocycles. The first-order valence-electron chi connectivity index (χ1n) is 50.6. The Morgan fingerprint density at radius 2 is 0.589 bits per heavy atom. The molecule has 0 bridgehead atoms. The van der Waals surface area contributed by atoms with E-state index >= 15 is 0 Å². The molecule has 0 fully saturated rings. The molecule has 23 rings (SSSR count). The van der Waals surface area contributed by atoms with Crippen LogP contribution >= 0.6 is 0 Å². The van der Waals surface area contributed by atoms with E-state index in [0.29, 0.717) is 0 Å². The fourth-order valence-electron chi connectivity index (χ4n) is 24.2. The molecule has 1 spiro atoms. The van der Waals surface area contributed by atoms with Crippen LogP contribution in [0.2, 0.25) is 0 Å². The Balaban J connectivity index is 0.595. The Morgan fingerprint density at radius 3 is 1.08 bits per heavy atom. The Kier molecular flexibility index (Phi) is 23.0. The van der Waals surface area contributed by atoms with Gasteiger partial charge in [-0.3, -0.25) is 4.84 Å². The average molecular weight is 1820 g/mol. The highest BCUT2D eigenvalue weighted by molar-refractivity contribution is 5.98. The van der Waals surface area contributed by atoms with Crippen molar-refractivity contribution in [1.29, 1.82) is 0 Å². The number of hydroxylamine groups is 2. The zero-order valence-electron chi connectivity index (χ0n) is 82.5. The van der Waals surface area contributed by atoms with E-state index in [1.54, 1.807) is 0 Å². The lowest BCUT2D eigenvalue weighted by Crippen LogP contribution is -2.46. The van der Waals surface area contributed by atoms with Crippen LogP contribution in [0.15, 0.2) is 467 Å². The minimum absolute atomic E-state index is 0.0205. The van der Waals surface area contributed by atoms with Crippen molar-refractivity contribution in [2.24, 2.45) is 5.92 Å². The second-order valence-electron chi connectivity index (χ2n) is 42.4. The number of rotatable bonds is 24. The minimum Gasteiger partial charge on any atom is -0.310 e. The molecule has 6 unspecified atom stereocenters. The van der Waals surface area contributed by atoms with Crippen molar-refractivity contribution < 1.29 is 4.84 Å². The van der Waals surface area contributed by atoms with Gasteiger partial charge in [0.2, 0.25) is 0 Å². The predicted octanol–water partition coefficient (Wildman–Crippen LogP) is 36.4. The summed E-state index contributed by atoms with van der Waals surface area (Å²) in [7, 11) is 0. The fraction of sp³-hybridized carbons (Fsp3) is 0.168. The van der Waals surface area contributed by atoms with Gasteiger partial charge in [-0.25, -0.2) is 0 Å². The summed E-state index contributed by atoms with van der Waals surface area (Å²) in [5, 5.41) is 2.36. The van der Waals surface area contributed by atoms with Crippen molar-refractivity contribution in [3.63, 3.8) is 0 Å². The average Bonchev–Trinajstić information content (AvgIpc) is 1.51. The molecule has 19 aromatic carbocycles. The zero-order chi connectivity index (χ0) is 96.0. The third-order valence-electron chi connectivity index (χ3n) is 31.2. The quantitative estimate of drug-likeness (QED) is 0.0561. The number of hydrogen-bond acceptors (Lipinski definition) is 4. The smallest absolute Gasteiger partial charge is 0.105 e. The highest BCUT2D eigenvalue weighted by Crippen LogP contribution is 2.65. The standard InChI is InChI=1S/C137H119N3O/c1-91(2)132(102-39-21-14-22-40-102)140(134(7,8)9)141-131(101-59-57-95(58-60-101)96-61-69-107(70-62-96)136(108-73-71-106(72-74-108)133(4,5)6)124-50-32-30-48-118(124)122-89-113(80-84-127(122)136)138(109-41-23-15-24-42-109)110-43-25-16-26-44-110)88-105(85-92(3)93-35-17-12-18-36-93)100-55-53-98(54-56-100)103-67-81-120-116-46-28-33-51-125(116)137(129(120)86-103)126-52-34-29-47-117(126)121-82-68-104(87-130(121)137)99-65-77-112(78-66-99)139(111-75-63-97(64-76-111)94-37-19-13-20-38-94)114-79-83-119-115-45-27-31-49-123(115)135(10,11)128(119)90-114/h12-84,86-87,89-92,105,131-132H,85,88H2,1-11H3. The predicted molar refractivity (Wildman–Crippen MR) is 590 cm³/mol. The lowest BCUT2D eigenvalue weighted by atomic mass is 9.67. The van der Waals surface area contributed by atoms with Crippen molar-refractivity contribution in [3.05, 3.63) is 551 Å². The van der Waals surface area contributed by atoms with E-state index in [0.717, 1.165) is 69.2 Å². The molecule has 4 nitrogen and oxygen atoms in total. The van der Waals surface area contributed by atoms with Crippen molar-refractivity contribution in [2.45, 2.75) is 140 Å². The van der Waals surface area contributed by atoms with Crippen LogP contribution in [0.4, 0.5) is 34.1 Å². The van der Waals surface area contributed by atoms with Gasteiger partial charge in [-0.05, 0) is 314 Å². The second-order valence-corrected chi connectivity index (χ2v) is 42.4. The van der Waals surface area contributed by atoms with E-state index in [9.17, 15) is 0 Å². The Hall–Kier alpha value is -15.3. The Labute approximate surface area is 833 Å². The first-order valence-corrected chi connectivity index (χ1v) is 50.6. The molecule has 0 N–H and O–H groups in total. The SMILES string of the molecule is CC(CC(CC(ON(C(c1ccccc1)C(C)C)C(C)(C)C)c1ccc(-c2ccc(C3(c4ccc(C(C)(C)C)cc4)c4ccccc4-c4cc(N(c5ccccc5)c5ccccc5)ccc43)cc2)cc1)c1ccc(-c2ccc3c(c2)C2(c4ccccc4-3)c3ccccc3-c3ccc(-c4ccc(N(c5ccc(-c6ccccc6)cc5)c5ccc6c(c5)C(C)(C)c5ccccc5-6)cc4)cc32)cc1)c1ccccc1. The third kappa shape index (κ3) is 15.8. The fourth-order valence-corrected chi connectivity index (χ4v) is 24.2. The van der Waals surface area contributed by atoms with Gasteiger partial charge in [0.05, 0.1) is 16.9 Å². The normalized spacial score (nSPS) is 15.8. The first kappa shape index (κ1) is 89.6. The highest BCUT2D eigenvalue weighted by atomic mass is 16.7. The van der Waals surface area contributed by atoms with Gasteiger partial charge in [-0.15, -0.1) is 0 Å². The summed E-state index contributed by atoms with van der Waals surface area (Å²) < 4.78 is 0. The molecule has 0 aliphatic heterocycles. The number of benzene rings is 19. The van der Waals surface area contributed by atoms with Crippen LogP contribution < -0.4 is 9.80 Å². The summed E-state index contributed by atoms with van der Waals surface area (Å²) >= 11 is 0. The maximum atomic E-state index is 8.04. The monoisotopic (exact) mass is 1820 g/mol. The molecule has 4 aliphatic rings. The second kappa shape index (κ2) is 36.2. The van der Waals surface area contributed by atoms with Crippen molar-refractivity contribution in [3.8, 4) is 89.0 Å². The van der Waals surface area contributed by atoms with Gasteiger partial charge in [0.1, 0.15) is 6.10 Å². The van der Waals surface area contributed by atoms with Crippen molar-refractivity contribution >= 4 is 34.1 Å². The van der Waals surface area contributed by atoms with E-state index in [4.69, 9.17) is 4.84 Å². The molecule has 141 heavy (non-hydrogen) atoms. The van der Waals surface area contributed by atoms with Crippen LogP contribution in [-0.2, 0) is 26.5 Å². The lowest BCUT2D eigenvalue weighted by Gasteiger charge is -2.45. The van der Waals surface area contributed by atoms with Gasteiger partial charge in [-0.2, -0.15) is 5.06 Å². The molecular weight excluding hydrogens is 1700 g/mol. The van der Waals surface area contributed by atoms with Crippen molar-refractivity contribution in [2.75, 3.05) is 9.80 Å². The van der Waals surface area contributed by atoms with Gasteiger partial charge in [0.15, 0.2) is 0 Å². The Bertz CT molecular complexity index is 7760. The molecular formula is C137H119N3O. The summed E-state index contributed by atoms with van der Waals surface area (Å²) in [6.45, 7) is 25.7. The van der Waals surface area contributed by atoms with E-state index in [2.05, 4.69) is 558 Å². The topological polar surface area (TPSA) is 19.0 Å². The van der Waals surface area contributed by atoms with Crippen LogP contribution in [0.3, 0.4) is 0 Å². The summed E-state index contributed by atoms with van der Waals surface area (Å²) in [5.41, 5.74) is 43.8. The zero-order valence-corrected chi connectivity index (χ0v) is 82.5. The van der Waals surface area contributed by atoms with Gasteiger partial charge < -0.3 is 9.80 Å². The third-order valence-corrected chi connectivity index (χ3v) is 31.2. The van der Waals surface area contributed by atoms with Crippen LogP contribution in [0.5, 0.6) is 0 Å². The Morgan fingerprint density at radius 1 is 0.248 bits per heavy atom. The molecule has 4 aliphatic carbocycles. The van der Waals surface area contributed by atoms with Gasteiger partial charge in [-0.1, -0.05) is 438 Å². The summed E-state index contributed by atoms with van der Waals surface area (Å²) in [6, 6.07) is 177. The van der Waals surface area contributed by atoms with Gasteiger partial charge >= 0.3 is 0 Å². The van der Waals surface area contributed by atoms with Crippen LogP contribution in [0.1, 0.15) is 196 Å². The molecule has 0 aromatic heterocycles. The van der Waals surface area contributed by atoms with Crippen LogP contribution in [-0.4, -0.2) is 10.6 Å². The maximum absolute atomic E-state index is 8.04. The van der Waals surface area contributed by atoms with Gasteiger partial charge in [0, 0.05) is 45.1 Å². The summed E-state index contributed by atoms with van der Waals surface area (Å²) in [4.78, 5) is 12.9. The van der Waals surface area contributed by atoms with Gasteiger partial charge in [0.25, 0.3) is 0 Å². The van der Waals surface area contributed by atoms with E-state index < -0.39 is 16.4 Å². The highest BCUT2D eigenvalue weighted by Gasteiger charge is 2.53. The molecule has 0 radical (unpaired) electrons. The van der Waals surface area contributed by atoms with E-state index in [1.165, 1.54) is 150 Å². The molecule has 0 amide bonds. The summed E-state index contributed by atoms with van der Waals surface area (Å²) in [6.07, 6.45) is 1.29. The van der Waals surface area contributed by atoms with Crippen molar-refractivity contribution in [1.82, 2.24) is 5.06 Å². The van der Waals surface area contributed by atoms with E-state index in [-0.39, 0.29) is 40.7 Å². The molecule has 0 saturated heterocycles. The lowest BCUT2D eigenvalue weighted by molar-refractivity contribution is -0.278. The number of para-hydroxylation sites is 2. The van der Waals surface area contributed by atoms with Crippen LogP contribution in [0, 0.1) is 5.92 Å². The molecule has 6 atom stereocenters. The molecule has 0 saturated carbocycles. The number of anilines is 6. The largest absolute Gasteiger partial charge is 0.310 e. The minimum atomic E-state index is -0.626.